The highest BCUT2D eigenvalue weighted by molar-refractivity contribution is 5.86. The maximum Gasteiger partial charge on any atom is 0.242 e. The summed E-state index contributed by atoms with van der Waals surface area (Å²) in [7, 11) is 1.87. The summed E-state index contributed by atoms with van der Waals surface area (Å²) >= 11 is 0. The van der Waals surface area contributed by atoms with E-state index in [9.17, 15) is 4.79 Å². The fourth-order valence-corrected chi connectivity index (χ4v) is 2.76. The quantitative estimate of drug-likeness (QED) is 0.914. The minimum atomic E-state index is -0.802. The number of para-hydroxylation sites is 1. The molecule has 1 unspecified atom stereocenters. The summed E-state index contributed by atoms with van der Waals surface area (Å²) in [4.78, 5) is 16.5. The third kappa shape index (κ3) is 5.04. The predicted molar refractivity (Wildman–Crippen MR) is 97.2 cm³/mol. The Morgan fingerprint density at radius 1 is 1.27 bits per heavy atom. The second kappa shape index (κ2) is 8.61. The molecule has 126 valence electrons. The van der Waals surface area contributed by atoms with Crippen molar-refractivity contribution in [2.45, 2.75) is 38.3 Å². The Bertz CT molecular complexity index is 462. The summed E-state index contributed by atoms with van der Waals surface area (Å²) in [6.45, 7) is 5.46. The Labute approximate surface area is 145 Å². The molecule has 1 aliphatic rings. The van der Waals surface area contributed by atoms with Gasteiger partial charge in [0, 0.05) is 31.9 Å². The van der Waals surface area contributed by atoms with Gasteiger partial charge in [0.25, 0.3) is 0 Å². The average Bonchev–Trinajstić information content (AvgIpc) is 2.46. The molecule has 0 aromatic heterocycles. The van der Waals surface area contributed by atoms with E-state index in [0.717, 1.165) is 25.9 Å². The summed E-state index contributed by atoms with van der Waals surface area (Å²) in [5, 5.41) is 0. The lowest BCUT2D eigenvalue weighted by Crippen LogP contribution is -2.56. The van der Waals surface area contributed by atoms with Gasteiger partial charge in [-0.15, -0.1) is 24.8 Å². The van der Waals surface area contributed by atoms with Gasteiger partial charge >= 0.3 is 0 Å². The molecule has 1 aromatic rings. The van der Waals surface area contributed by atoms with Crippen molar-refractivity contribution in [1.29, 1.82) is 0 Å². The van der Waals surface area contributed by atoms with Crippen LogP contribution in [0, 0.1) is 0 Å². The third-order valence-electron chi connectivity index (χ3n) is 3.94. The van der Waals surface area contributed by atoms with Crippen LogP contribution in [0.5, 0.6) is 0 Å². The molecular formula is C16H27Cl2N3O. The standard InChI is InChI=1S/C16H25N3O.2ClH/c1-16(2,17)15(20)18(3)14-10-7-11-19(12-14)13-8-5-4-6-9-13;;/h4-6,8-9,14H,7,10-12,17H2,1-3H3;2*1H. The number of carbonyl (C=O) groups is 1. The molecule has 1 heterocycles. The van der Waals surface area contributed by atoms with Gasteiger partial charge in [0.2, 0.25) is 5.91 Å². The number of hydrogen-bond acceptors (Lipinski definition) is 3. The van der Waals surface area contributed by atoms with Crippen LogP contribution in [0.3, 0.4) is 0 Å². The molecule has 0 bridgehead atoms. The number of nitrogens with two attached hydrogens (primary N) is 1. The van der Waals surface area contributed by atoms with Crippen molar-refractivity contribution in [1.82, 2.24) is 4.90 Å². The normalized spacial score (nSPS) is 18.0. The highest BCUT2D eigenvalue weighted by Crippen LogP contribution is 2.22. The lowest BCUT2D eigenvalue weighted by atomic mass is 9.99. The van der Waals surface area contributed by atoms with Gasteiger partial charge in [-0.25, -0.2) is 0 Å². The zero-order valence-corrected chi connectivity index (χ0v) is 15.1. The molecule has 1 atom stereocenters. The van der Waals surface area contributed by atoms with E-state index in [1.807, 2.05) is 18.0 Å². The SMILES string of the molecule is CN(C(=O)C(C)(C)N)C1CCCN(c2ccccc2)C1.Cl.Cl. The van der Waals surface area contributed by atoms with E-state index in [1.165, 1.54) is 5.69 Å². The van der Waals surface area contributed by atoms with Crippen molar-refractivity contribution in [2.24, 2.45) is 5.73 Å². The van der Waals surface area contributed by atoms with Gasteiger partial charge in [-0.2, -0.15) is 0 Å². The minimum Gasteiger partial charge on any atom is -0.369 e. The first-order valence-electron chi connectivity index (χ1n) is 7.26. The highest BCUT2D eigenvalue weighted by Gasteiger charge is 2.32. The first-order chi connectivity index (χ1) is 9.39. The van der Waals surface area contributed by atoms with E-state index >= 15 is 0 Å². The molecule has 1 fully saturated rings. The molecule has 1 aliphatic heterocycles. The second-order valence-electron chi connectivity index (χ2n) is 6.22. The fourth-order valence-electron chi connectivity index (χ4n) is 2.76. The second-order valence-corrected chi connectivity index (χ2v) is 6.22. The van der Waals surface area contributed by atoms with Crippen LogP contribution in [-0.2, 0) is 4.79 Å². The zero-order chi connectivity index (χ0) is 14.8. The first kappa shape index (κ1) is 21.0. The summed E-state index contributed by atoms with van der Waals surface area (Å²) in [5.74, 6) is 0.0115. The summed E-state index contributed by atoms with van der Waals surface area (Å²) in [6, 6.07) is 10.6. The smallest absolute Gasteiger partial charge is 0.242 e. The number of anilines is 1. The van der Waals surface area contributed by atoms with E-state index in [4.69, 9.17) is 5.73 Å². The Morgan fingerprint density at radius 3 is 2.41 bits per heavy atom. The molecule has 0 spiro atoms. The van der Waals surface area contributed by atoms with Gasteiger partial charge < -0.3 is 15.5 Å². The molecule has 0 radical (unpaired) electrons. The maximum atomic E-state index is 12.3. The van der Waals surface area contributed by atoms with Gasteiger partial charge in [-0.3, -0.25) is 4.79 Å². The predicted octanol–water partition coefficient (Wildman–Crippen LogP) is 2.69. The van der Waals surface area contributed by atoms with Crippen molar-refractivity contribution in [2.75, 3.05) is 25.0 Å². The van der Waals surface area contributed by atoms with Crippen LogP contribution in [-0.4, -0.2) is 42.5 Å². The number of benzene rings is 1. The van der Waals surface area contributed by atoms with Crippen LogP contribution in [0.25, 0.3) is 0 Å². The molecule has 6 heteroatoms. The van der Waals surface area contributed by atoms with Crippen molar-refractivity contribution >= 4 is 36.4 Å². The van der Waals surface area contributed by atoms with E-state index < -0.39 is 5.54 Å². The Balaban J connectivity index is 0.00000220. The van der Waals surface area contributed by atoms with Crippen molar-refractivity contribution in [3.8, 4) is 0 Å². The molecule has 1 aromatic carbocycles. The van der Waals surface area contributed by atoms with Crippen molar-refractivity contribution in [3.63, 3.8) is 0 Å². The molecule has 0 saturated carbocycles. The van der Waals surface area contributed by atoms with E-state index in [-0.39, 0.29) is 36.8 Å². The average molecular weight is 348 g/mol. The van der Waals surface area contributed by atoms with Gasteiger partial charge in [-0.1, -0.05) is 18.2 Å². The topological polar surface area (TPSA) is 49.6 Å². The largest absolute Gasteiger partial charge is 0.369 e. The number of likely N-dealkylation sites (N-methyl/N-ethyl adjacent to an activating group) is 1. The maximum absolute atomic E-state index is 12.3. The summed E-state index contributed by atoms with van der Waals surface area (Å²) in [6.07, 6.45) is 2.14. The lowest BCUT2D eigenvalue weighted by Gasteiger charge is -2.40. The first-order valence-corrected chi connectivity index (χ1v) is 7.26. The molecule has 1 amide bonds. The fraction of sp³-hybridized carbons (Fsp3) is 0.562. The van der Waals surface area contributed by atoms with Crippen molar-refractivity contribution in [3.05, 3.63) is 30.3 Å². The molecule has 22 heavy (non-hydrogen) atoms. The van der Waals surface area contributed by atoms with Gasteiger partial charge in [0.1, 0.15) is 0 Å². The molecule has 1 saturated heterocycles. The van der Waals surface area contributed by atoms with E-state index in [2.05, 4.69) is 29.2 Å². The van der Waals surface area contributed by atoms with Gasteiger partial charge in [0.05, 0.1) is 5.54 Å². The molecule has 4 nitrogen and oxygen atoms in total. The van der Waals surface area contributed by atoms with Gasteiger partial charge in [-0.05, 0) is 38.8 Å². The van der Waals surface area contributed by atoms with Crippen LogP contribution in [0.4, 0.5) is 5.69 Å². The molecular weight excluding hydrogens is 321 g/mol. The van der Waals surface area contributed by atoms with E-state index in [0.29, 0.717) is 0 Å². The number of piperidine rings is 1. The number of amides is 1. The molecule has 0 aliphatic carbocycles. The monoisotopic (exact) mass is 347 g/mol. The number of rotatable bonds is 3. The van der Waals surface area contributed by atoms with E-state index in [1.54, 1.807) is 13.8 Å². The number of carbonyl (C=O) groups excluding carboxylic acids is 1. The zero-order valence-electron chi connectivity index (χ0n) is 13.5. The highest BCUT2D eigenvalue weighted by atomic mass is 35.5. The van der Waals surface area contributed by atoms with Crippen LogP contribution in [0.1, 0.15) is 26.7 Å². The van der Waals surface area contributed by atoms with Crippen LogP contribution < -0.4 is 10.6 Å². The summed E-state index contributed by atoms with van der Waals surface area (Å²) < 4.78 is 0. The number of hydrogen-bond donors (Lipinski definition) is 1. The Hall–Kier alpha value is -0.970. The minimum absolute atomic E-state index is 0. The Morgan fingerprint density at radius 2 is 1.86 bits per heavy atom. The third-order valence-corrected chi connectivity index (χ3v) is 3.94. The number of halogens is 2. The Kier molecular flexibility index (Phi) is 8.23. The van der Waals surface area contributed by atoms with Crippen LogP contribution >= 0.6 is 24.8 Å². The van der Waals surface area contributed by atoms with Gasteiger partial charge in [0.15, 0.2) is 0 Å². The molecule has 2 N–H and O–H groups in total. The van der Waals surface area contributed by atoms with Crippen molar-refractivity contribution < 1.29 is 4.79 Å². The molecule has 2 rings (SSSR count). The number of nitrogens with zero attached hydrogens (tertiary/aromatic N) is 2. The lowest BCUT2D eigenvalue weighted by molar-refractivity contribution is -0.136. The van der Waals surface area contributed by atoms with Crippen LogP contribution in [0.15, 0.2) is 30.3 Å². The van der Waals surface area contributed by atoms with Crippen LogP contribution in [0.2, 0.25) is 0 Å². The summed E-state index contributed by atoms with van der Waals surface area (Å²) in [5.41, 5.74) is 6.35.